The topological polar surface area (TPSA) is 60.9 Å². The fourth-order valence-electron chi connectivity index (χ4n) is 2.93. The number of para-hydroxylation sites is 1. The molecule has 4 rings (SSSR count). The molecule has 0 atom stereocenters. The number of rotatable bonds is 2. The van der Waals surface area contributed by atoms with Gasteiger partial charge in [-0.3, -0.25) is 9.36 Å². The molecule has 0 saturated carbocycles. The quantitative estimate of drug-likeness (QED) is 0.422. The third-order valence-electron chi connectivity index (χ3n) is 4.17. The molecule has 2 aromatic heterocycles. The highest BCUT2D eigenvalue weighted by Crippen LogP contribution is 2.26. The largest absolute Gasteiger partial charge is 0.396 e. The number of anilines is 1. The average Bonchev–Trinajstić information content (AvgIpc) is 2.64. The lowest BCUT2D eigenvalue weighted by Gasteiger charge is -2.13. The SMILES string of the molecule is Nc1cc(-c2cc3cnc(Cl)cc3n(-c3ccccc3)c2=O)ccc1F. The van der Waals surface area contributed by atoms with Gasteiger partial charge in [-0.2, -0.15) is 0 Å². The minimum Gasteiger partial charge on any atom is -0.396 e. The Bertz CT molecular complexity index is 1190. The highest BCUT2D eigenvalue weighted by Gasteiger charge is 2.14. The zero-order chi connectivity index (χ0) is 18.3. The number of nitrogens with zero attached hydrogens (tertiary/aromatic N) is 2. The van der Waals surface area contributed by atoms with Crippen molar-refractivity contribution < 1.29 is 4.39 Å². The van der Waals surface area contributed by atoms with Gasteiger partial charge in [-0.25, -0.2) is 9.37 Å². The molecule has 0 unspecified atom stereocenters. The van der Waals surface area contributed by atoms with Gasteiger partial charge in [0.2, 0.25) is 0 Å². The number of nitrogen functional groups attached to an aromatic ring is 1. The fraction of sp³-hybridized carbons (Fsp3) is 0. The van der Waals surface area contributed by atoms with Crippen LogP contribution in [-0.4, -0.2) is 9.55 Å². The van der Waals surface area contributed by atoms with Gasteiger partial charge >= 0.3 is 0 Å². The van der Waals surface area contributed by atoms with E-state index in [1.54, 1.807) is 22.9 Å². The molecular formula is C20H13ClFN3O. The lowest BCUT2D eigenvalue weighted by atomic mass is 10.0. The van der Waals surface area contributed by atoms with Crippen molar-refractivity contribution >= 4 is 28.2 Å². The molecule has 2 N–H and O–H groups in total. The third-order valence-corrected chi connectivity index (χ3v) is 4.38. The van der Waals surface area contributed by atoms with Gasteiger partial charge in [0.25, 0.3) is 5.56 Å². The van der Waals surface area contributed by atoms with Crippen LogP contribution in [0.4, 0.5) is 10.1 Å². The summed E-state index contributed by atoms with van der Waals surface area (Å²) in [7, 11) is 0. The molecule has 2 aromatic carbocycles. The second-order valence-corrected chi connectivity index (χ2v) is 6.22. The summed E-state index contributed by atoms with van der Waals surface area (Å²) in [6.07, 6.45) is 1.60. The first kappa shape index (κ1) is 16.3. The molecule has 2 heterocycles. The Morgan fingerprint density at radius 3 is 2.54 bits per heavy atom. The van der Waals surface area contributed by atoms with E-state index in [1.165, 1.54) is 18.2 Å². The van der Waals surface area contributed by atoms with Crippen molar-refractivity contribution in [2.24, 2.45) is 0 Å². The molecule has 0 radical (unpaired) electrons. The van der Waals surface area contributed by atoms with Crippen molar-refractivity contribution in [3.8, 4) is 16.8 Å². The van der Waals surface area contributed by atoms with Crippen LogP contribution in [0.3, 0.4) is 0 Å². The van der Waals surface area contributed by atoms with Crippen molar-refractivity contribution in [3.05, 3.63) is 88.2 Å². The number of hydrogen-bond acceptors (Lipinski definition) is 3. The molecule has 4 aromatic rings. The third kappa shape index (κ3) is 2.72. The smallest absolute Gasteiger partial charge is 0.263 e. The van der Waals surface area contributed by atoms with Gasteiger partial charge in [0.05, 0.1) is 11.2 Å². The van der Waals surface area contributed by atoms with Gasteiger partial charge in [0, 0.05) is 28.9 Å². The lowest BCUT2D eigenvalue weighted by molar-refractivity contribution is 0.632. The predicted octanol–water partition coefficient (Wildman–Crippen LogP) is 4.43. The van der Waals surface area contributed by atoms with Crippen LogP contribution in [-0.2, 0) is 0 Å². The standard InChI is InChI=1S/C20H13ClFN3O/c21-19-10-18-13(11-24-19)8-15(12-6-7-16(22)17(23)9-12)20(26)25(18)14-4-2-1-3-5-14/h1-11H,23H2. The van der Waals surface area contributed by atoms with Crippen LogP contribution in [0.25, 0.3) is 27.7 Å². The van der Waals surface area contributed by atoms with Crippen LogP contribution in [0.5, 0.6) is 0 Å². The van der Waals surface area contributed by atoms with Gasteiger partial charge in [-0.05, 0) is 35.9 Å². The van der Waals surface area contributed by atoms with E-state index in [4.69, 9.17) is 17.3 Å². The highest BCUT2D eigenvalue weighted by atomic mass is 35.5. The van der Waals surface area contributed by atoms with Crippen molar-refractivity contribution in [3.63, 3.8) is 0 Å². The Morgan fingerprint density at radius 2 is 1.81 bits per heavy atom. The Balaban J connectivity index is 2.10. The predicted molar refractivity (Wildman–Crippen MR) is 102 cm³/mol. The molecule has 0 aliphatic carbocycles. The second kappa shape index (κ2) is 6.28. The van der Waals surface area contributed by atoms with Crippen molar-refractivity contribution in [2.45, 2.75) is 0 Å². The summed E-state index contributed by atoms with van der Waals surface area (Å²) in [5, 5.41) is 1.02. The number of benzene rings is 2. The fourth-order valence-corrected chi connectivity index (χ4v) is 3.09. The zero-order valence-corrected chi connectivity index (χ0v) is 14.2. The molecule has 26 heavy (non-hydrogen) atoms. The Morgan fingerprint density at radius 1 is 1.04 bits per heavy atom. The zero-order valence-electron chi connectivity index (χ0n) is 13.5. The summed E-state index contributed by atoms with van der Waals surface area (Å²) >= 11 is 6.04. The maximum Gasteiger partial charge on any atom is 0.263 e. The molecule has 4 nitrogen and oxygen atoms in total. The maximum atomic E-state index is 13.5. The van der Waals surface area contributed by atoms with Gasteiger partial charge in [0.1, 0.15) is 11.0 Å². The van der Waals surface area contributed by atoms with Crippen LogP contribution in [0.2, 0.25) is 5.15 Å². The minimum absolute atomic E-state index is 0.0116. The Hall–Kier alpha value is -3.18. The first-order valence-corrected chi connectivity index (χ1v) is 8.24. The summed E-state index contributed by atoms with van der Waals surface area (Å²) in [5.41, 5.74) is 7.68. The first-order valence-electron chi connectivity index (χ1n) is 7.87. The maximum absolute atomic E-state index is 13.5. The van der Waals surface area contributed by atoms with E-state index in [-0.39, 0.29) is 11.2 Å². The average molecular weight is 366 g/mol. The highest BCUT2D eigenvalue weighted by molar-refractivity contribution is 6.30. The second-order valence-electron chi connectivity index (χ2n) is 5.84. The Kier molecular flexibility index (Phi) is 3.93. The van der Waals surface area contributed by atoms with E-state index >= 15 is 0 Å². The summed E-state index contributed by atoms with van der Waals surface area (Å²) in [6.45, 7) is 0. The molecule has 0 amide bonds. The molecule has 0 spiro atoms. The summed E-state index contributed by atoms with van der Waals surface area (Å²) in [6, 6.07) is 16.8. The van der Waals surface area contributed by atoms with E-state index in [0.29, 0.717) is 27.5 Å². The molecule has 0 aliphatic rings. The van der Waals surface area contributed by atoms with Gasteiger partial charge in [-0.1, -0.05) is 35.9 Å². The molecule has 6 heteroatoms. The van der Waals surface area contributed by atoms with E-state index in [0.717, 1.165) is 5.39 Å². The molecule has 0 bridgehead atoms. The molecular weight excluding hydrogens is 353 g/mol. The Labute approximate surface area is 153 Å². The van der Waals surface area contributed by atoms with Crippen LogP contribution < -0.4 is 11.3 Å². The lowest BCUT2D eigenvalue weighted by Crippen LogP contribution is -2.20. The van der Waals surface area contributed by atoms with Gasteiger partial charge in [-0.15, -0.1) is 0 Å². The number of nitrogens with two attached hydrogens (primary N) is 1. The van der Waals surface area contributed by atoms with E-state index in [1.807, 2.05) is 30.3 Å². The van der Waals surface area contributed by atoms with E-state index in [2.05, 4.69) is 4.98 Å². The number of fused-ring (bicyclic) bond motifs is 1. The van der Waals surface area contributed by atoms with Crippen LogP contribution in [0.1, 0.15) is 0 Å². The number of pyridine rings is 2. The van der Waals surface area contributed by atoms with Gasteiger partial charge < -0.3 is 5.73 Å². The summed E-state index contributed by atoms with van der Waals surface area (Å²) in [4.78, 5) is 17.4. The van der Waals surface area contributed by atoms with E-state index < -0.39 is 5.82 Å². The van der Waals surface area contributed by atoms with Crippen molar-refractivity contribution in [1.29, 1.82) is 0 Å². The first-order chi connectivity index (χ1) is 12.5. The van der Waals surface area contributed by atoms with E-state index in [9.17, 15) is 9.18 Å². The minimum atomic E-state index is -0.522. The number of halogens is 2. The van der Waals surface area contributed by atoms with Crippen LogP contribution in [0, 0.1) is 5.82 Å². The molecule has 0 saturated heterocycles. The summed E-state index contributed by atoms with van der Waals surface area (Å²) < 4.78 is 15.1. The van der Waals surface area contributed by atoms with Crippen molar-refractivity contribution in [1.82, 2.24) is 9.55 Å². The number of aromatic nitrogens is 2. The van der Waals surface area contributed by atoms with Crippen LogP contribution >= 0.6 is 11.6 Å². The number of hydrogen-bond donors (Lipinski definition) is 1. The molecule has 0 aliphatic heterocycles. The van der Waals surface area contributed by atoms with Crippen molar-refractivity contribution in [2.75, 3.05) is 5.73 Å². The van der Waals surface area contributed by atoms with Gasteiger partial charge in [0.15, 0.2) is 0 Å². The summed E-state index contributed by atoms with van der Waals surface area (Å²) in [5.74, 6) is -0.522. The van der Waals surface area contributed by atoms with Crippen LogP contribution in [0.15, 0.2) is 71.7 Å². The molecule has 128 valence electrons. The monoisotopic (exact) mass is 365 g/mol. The molecule has 0 fully saturated rings. The normalized spacial score (nSPS) is 11.0.